The molecule has 3 heteroatoms. The van der Waals surface area contributed by atoms with Crippen molar-refractivity contribution in [2.45, 2.75) is 27.2 Å². The van der Waals surface area contributed by atoms with E-state index in [4.69, 9.17) is 0 Å². The van der Waals surface area contributed by atoms with Crippen molar-refractivity contribution >= 4 is 12.0 Å². The quantitative estimate of drug-likeness (QED) is 0.709. The number of carbonyl (C=O) groups is 1. The molecule has 1 unspecified atom stereocenters. The van der Waals surface area contributed by atoms with Gasteiger partial charge in [-0.05, 0) is 19.3 Å². The zero-order chi connectivity index (χ0) is 10.0. The molecular formula is C10H15NO2. The molecule has 3 nitrogen and oxygen atoms in total. The van der Waals surface area contributed by atoms with Gasteiger partial charge in [0, 0.05) is 6.21 Å². The molecule has 0 saturated heterocycles. The molecule has 0 aromatic carbocycles. The van der Waals surface area contributed by atoms with Crippen LogP contribution in [0.2, 0.25) is 0 Å². The van der Waals surface area contributed by atoms with Gasteiger partial charge in [-0.3, -0.25) is 9.79 Å². The van der Waals surface area contributed by atoms with Gasteiger partial charge in [-0.15, -0.1) is 0 Å². The molecule has 0 amide bonds. The molecule has 1 rings (SSSR count). The molecule has 1 N–H and O–H groups in total. The van der Waals surface area contributed by atoms with Gasteiger partial charge in [0.05, 0.1) is 11.6 Å². The highest BCUT2D eigenvalue weighted by Crippen LogP contribution is 2.20. The van der Waals surface area contributed by atoms with Crippen LogP contribution in [-0.4, -0.2) is 17.1 Å². The molecule has 0 fully saturated rings. The molecule has 0 radical (unpaired) electrons. The van der Waals surface area contributed by atoms with Crippen LogP contribution in [0, 0.1) is 11.8 Å². The molecule has 0 saturated carbocycles. The van der Waals surface area contributed by atoms with Crippen LogP contribution in [0.15, 0.2) is 16.4 Å². The number of nitrogens with zero attached hydrogens (tertiary/aromatic N) is 1. The maximum Gasteiger partial charge on any atom is 0.207 e. The molecule has 72 valence electrons. The summed E-state index contributed by atoms with van der Waals surface area (Å²) in [5.74, 6) is -0.162. The summed E-state index contributed by atoms with van der Waals surface area (Å²) >= 11 is 0. The van der Waals surface area contributed by atoms with Gasteiger partial charge in [0.2, 0.25) is 5.78 Å². The molecular weight excluding hydrogens is 166 g/mol. The van der Waals surface area contributed by atoms with Crippen molar-refractivity contribution in [2.75, 3.05) is 0 Å². The van der Waals surface area contributed by atoms with E-state index in [1.807, 2.05) is 13.8 Å². The topological polar surface area (TPSA) is 49.7 Å². The predicted molar refractivity (Wildman–Crippen MR) is 51.8 cm³/mol. The van der Waals surface area contributed by atoms with E-state index >= 15 is 0 Å². The summed E-state index contributed by atoms with van der Waals surface area (Å²) in [6.07, 6.45) is 2.39. The van der Waals surface area contributed by atoms with Gasteiger partial charge in [0.15, 0.2) is 5.76 Å². The Bertz CT molecular complexity index is 277. The predicted octanol–water partition coefficient (Wildman–Crippen LogP) is 2.09. The Labute approximate surface area is 78.2 Å². The zero-order valence-electron chi connectivity index (χ0n) is 8.24. The average molecular weight is 181 g/mol. The van der Waals surface area contributed by atoms with Gasteiger partial charge in [-0.1, -0.05) is 13.8 Å². The fraction of sp³-hybridized carbons (Fsp3) is 0.600. The Balaban J connectivity index is 2.75. The summed E-state index contributed by atoms with van der Waals surface area (Å²) in [6, 6.07) is 0. The van der Waals surface area contributed by atoms with Crippen LogP contribution in [0.3, 0.4) is 0 Å². The molecule has 0 aromatic heterocycles. The number of rotatable bonds is 2. The van der Waals surface area contributed by atoms with Crippen LogP contribution < -0.4 is 0 Å². The first-order valence-electron chi connectivity index (χ1n) is 4.50. The largest absolute Gasteiger partial charge is 0.503 e. The van der Waals surface area contributed by atoms with Crippen LogP contribution >= 0.6 is 0 Å². The van der Waals surface area contributed by atoms with Crippen LogP contribution in [0.5, 0.6) is 0 Å². The fourth-order valence-corrected chi connectivity index (χ4v) is 1.36. The zero-order valence-corrected chi connectivity index (χ0v) is 8.24. The highest BCUT2D eigenvalue weighted by molar-refractivity contribution is 6.06. The number of hydrogen-bond acceptors (Lipinski definition) is 3. The van der Waals surface area contributed by atoms with E-state index in [1.165, 1.54) is 0 Å². The van der Waals surface area contributed by atoms with Crippen LogP contribution in [0.1, 0.15) is 27.2 Å². The second-order valence-corrected chi connectivity index (χ2v) is 3.81. The van der Waals surface area contributed by atoms with Gasteiger partial charge in [0.1, 0.15) is 0 Å². The maximum atomic E-state index is 11.5. The van der Waals surface area contributed by atoms with Crippen LogP contribution in [0.25, 0.3) is 0 Å². The lowest BCUT2D eigenvalue weighted by molar-refractivity contribution is -0.120. The van der Waals surface area contributed by atoms with Gasteiger partial charge in [0.25, 0.3) is 0 Å². The summed E-state index contributed by atoms with van der Waals surface area (Å²) in [6.45, 7) is 5.72. The van der Waals surface area contributed by atoms with Crippen molar-refractivity contribution in [1.82, 2.24) is 0 Å². The Kier molecular flexibility index (Phi) is 2.86. The fourth-order valence-electron chi connectivity index (χ4n) is 1.36. The summed E-state index contributed by atoms with van der Waals surface area (Å²) in [4.78, 5) is 15.5. The van der Waals surface area contributed by atoms with Crippen molar-refractivity contribution in [2.24, 2.45) is 16.8 Å². The first kappa shape index (κ1) is 9.96. The van der Waals surface area contributed by atoms with E-state index in [9.17, 15) is 9.90 Å². The molecule has 1 heterocycles. The smallest absolute Gasteiger partial charge is 0.207 e. The maximum absolute atomic E-state index is 11.5. The number of hydrogen-bond donors (Lipinski definition) is 1. The number of aliphatic imine (C=N–C) groups is 1. The van der Waals surface area contributed by atoms with Crippen molar-refractivity contribution in [3.63, 3.8) is 0 Å². The van der Waals surface area contributed by atoms with Gasteiger partial charge in [-0.25, -0.2) is 0 Å². The molecule has 13 heavy (non-hydrogen) atoms. The average Bonchev–Trinajstić information content (AvgIpc) is 2.06. The van der Waals surface area contributed by atoms with Crippen LogP contribution in [-0.2, 0) is 4.79 Å². The molecule has 1 aliphatic heterocycles. The third-order valence-corrected chi connectivity index (χ3v) is 2.09. The number of carbonyl (C=O) groups excluding carboxylic acids is 1. The number of aliphatic hydroxyl groups excluding tert-OH is 1. The molecule has 0 bridgehead atoms. The molecule has 0 spiro atoms. The lowest BCUT2D eigenvalue weighted by Gasteiger charge is -2.16. The second-order valence-electron chi connectivity index (χ2n) is 3.81. The lowest BCUT2D eigenvalue weighted by atomic mass is 9.91. The first-order valence-corrected chi connectivity index (χ1v) is 4.50. The van der Waals surface area contributed by atoms with Crippen molar-refractivity contribution in [3.05, 3.63) is 11.5 Å². The Morgan fingerprint density at radius 2 is 2.23 bits per heavy atom. The third kappa shape index (κ3) is 2.17. The van der Waals surface area contributed by atoms with Crippen LogP contribution in [0.4, 0.5) is 0 Å². The van der Waals surface area contributed by atoms with Gasteiger partial charge >= 0.3 is 0 Å². The van der Waals surface area contributed by atoms with E-state index in [-0.39, 0.29) is 17.5 Å². The molecule has 0 aromatic rings. The van der Waals surface area contributed by atoms with Gasteiger partial charge in [-0.2, -0.15) is 0 Å². The standard InChI is InChI=1S/C10H15NO2/c1-6(2)4-8-5-11-7(3)9(12)10(8)13/h5-6,8,12H,4H2,1-3H3. The van der Waals surface area contributed by atoms with E-state index in [1.54, 1.807) is 13.1 Å². The second kappa shape index (κ2) is 3.73. The molecule has 1 atom stereocenters. The molecule has 0 aliphatic carbocycles. The minimum Gasteiger partial charge on any atom is -0.503 e. The highest BCUT2D eigenvalue weighted by atomic mass is 16.3. The summed E-state index contributed by atoms with van der Waals surface area (Å²) in [7, 11) is 0. The summed E-state index contributed by atoms with van der Waals surface area (Å²) in [5, 5.41) is 9.35. The van der Waals surface area contributed by atoms with E-state index in [2.05, 4.69) is 4.99 Å². The third-order valence-electron chi connectivity index (χ3n) is 2.09. The normalized spacial score (nSPS) is 23.1. The van der Waals surface area contributed by atoms with Gasteiger partial charge < -0.3 is 5.11 Å². The van der Waals surface area contributed by atoms with Crippen molar-refractivity contribution in [3.8, 4) is 0 Å². The number of allylic oxidation sites excluding steroid dienone is 2. The highest BCUT2D eigenvalue weighted by Gasteiger charge is 2.25. The first-order chi connectivity index (χ1) is 6.02. The number of aliphatic hydroxyl groups is 1. The summed E-state index contributed by atoms with van der Waals surface area (Å²) in [5.41, 5.74) is 0.421. The Hall–Kier alpha value is -1.12. The van der Waals surface area contributed by atoms with E-state index < -0.39 is 0 Å². The van der Waals surface area contributed by atoms with E-state index in [0.717, 1.165) is 6.42 Å². The minimum atomic E-state index is -0.233. The number of ketones is 1. The summed E-state index contributed by atoms with van der Waals surface area (Å²) < 4.78 is 0. The molecule has 1 aliphatic rings. The number of Topliss-reactive ketones (excluding diaryl/α,β-unsaturated/α-hetero) is 1. The lowest BCUT2D eigenvalue weighted by Crippen LogP contribution is -2.23. The Morgan fingerprint density at radius 1 is 1.62 bits per heavy atom. The van der Waals surface area contributed by atoms with Crippen molar-refractivity contribution < 1.29 is 9.90 Å². The van der Waals surface area contributed by atoms with E-state index in [0.29, 0.717) is 11.6 Å². The monoisotopic (exact) mass is 181 g/mol. The Morgan fingerprint density at radius 3 is 2.77 bits per heavy atom. The van der Waals surface area contributed by atoms with Crippen molar-refractivity contribution in [1.29, 1.82) is 0 Å². The minimum absolute atomic E-state index is 0.173. The SMILES string of the molecule is CC1=C(O)C(=O)C(CC(C)C)C=N1.